The van der Waals surface area contributed by atoms with Crippen molar-refractivity contribution in [3.05, 3.63) is 70.8 Å². The third-order valence-electron chi connectivity index (χ3n) is 3.12. The Kier molecular flexibility index (Phi) is 6.29. The van der Waals surface area contributed by atoms with E-state index >= 15 is 0 Å². The number of thiol groups is 1. The van der Waals surface area contributed by atoms with E-state index in [9.17, 15) is 10.1 Å². The van der Waals surface area contributed by atoms with Gasteiger partial charge in [-0.05, 0) is 29.8 Å². The SMILES string of the molecule is COc1ccc(NC(S)=C(C#N)C(=O)OCc2ccccc2)cc1. The van der Waals surface area contributed by atoms with E-state index in [-0.39, 0.29) is 17.2 Å². The lowest BCUT2D eigenvalue weighted by atomic mass is 10.2. The molecule has 24 heavy (non-hydrogen) atoms. The molecule has 0 atom stereocenters. The summed E-state index contributed by atoms with van der Waals surface area (Å²) in [5, 5.41) is 12.2. The molecule has 0 bridgehead atoms. The molecule has 0 heterocycles. The molecule has 0 aliphatic carbocycles. The Labute approximate surface area is 145 Å². The summed E-state index contributed by atoms with van der Waals surface area (Å²) < 4.78 is 10.2. The number of esters is 1. The summed E-state index contributed by atoms with van der Waals surface area (Å²) in [7, 11) is 1.57. The van der Waals surface area contributed by atoms with Crippen molar-refractivity contribution >= 4 is 24.3 Å². The molecule has 5 nitrogen and oxygen atoms in total. The van der Waals surface area contributed by atoms with Crippen LogP contribution in [0.4, 0.5) is 5.69 Å². The second-order valence-electron chi connectivity index (χ2n) is 4.75. The van der Waals surface area contributed by atoms with Crippen LogP contribution in [-0.4, -0.2) is 13.1 Å². The molecule has 0 unspecified atom stereocenters. The minimum Gasteiger partial charge on any atom is -0.497 e. The molecular weight excluding hydrogens is 324 g/mol. The molecule has 122 valence electrons. The highest BCUT2D eigenvalue weighted by atomic mass is 32.1. The minimum absolute atomic E-state index is 0.0917. The normalized spacial score (nSPS) is 11.0. The van der Waals surface area contributed by atoms with Gasteiger partial charge < -0.3 is 14.8 Å². The second-order valence-corrected chi connectivity index (χ2v) is 5.20. The standard InChI is InChI=1S/C18H16N2O3S/c1-22-15-9-7-14(8-10-15)20-17(24)16(11-19)18(21)23-12-13-5-3-2-4-6-13/h2-10,20,24H,12H2,1H3. The molecule has 2 rings (SSSR count). The number of methoxy groups -OCH3 is 1. The zero-order chi connectivity index (χ0) is 17.4. The average Bonchev–Trinajstić information content (AvgIpc) is 2.62. The van der Waals surface area contributed by atoms with Gasteiger partial charge in [0, 0.05) is 5.69 Å². The summed E-state index contributed by atoms with van der Waals surface area (Å²) in [6.45, 7) is 0.0917. The lowest BCUT2D eigenvalue weighted by molar-refractivity contribution is -0.139. The Hall–Kier alpha value is -2.91. The molecule has 0 saturated heterocycles. The molecule has 0 amide bonds. The number of hydrogen-bond acceptors (Lipinski definition) is 6. The zero-order valence-corrected chi connectivity index (χ0v) is 13.9. The molecule has 1 N–H and O–H groups in total. The van der Waals surface area contributed by atoms with Gasteiger partial charge in [-0.2, -0.15) is 5.26 Å². The lowest BCUT2D eigenvalue weighted by Crippen LogP contribution is -2.11. The van der Waals surface area contributed by atoms with Crippen LogP contribution >= 0.6 is 12.6 Å². The molecule has 0 radical (unpaired) electrons. The van der Waals surface area contributed by atoms with Crippen LogP contribution in [0.25, 0.3) is 0 Å². The van der Waals surface area contributed by atoms with Gasteiger partial charge in [-0.1, -0.05) is 30.3 Å². The molecular formula is C18H16N2O3S. The molecule has 0 aromatic heterocycles. The van der Waals surface area contributed by atoms with E-state index in [4.69, 9.17) is 9.47 Å². The zero-order valence-electron chi connectivity index (χ0n) is 13.0. The van der Waals surface area contributed by atoms with Crippen molar-refractivity contribution in [1.29, 1.82) is 5.26 Å². The van der Waals surface area contributed by atoms with Crippen molar-refractivity contribution in [2.75, 3.05) is 12.4 Å². The van der Waals surface area contributed by atoms with Crippen LogP contribution in [0.1, 0.15) is 5.56 Å². The van der Waals surface area contributed by atoms with Gasteiger partial charge >= 0.3 is 5.97 Å². The van der Waals surface area contributed by atoms with Crippen LogP contribution in [0.5, 0.6) is 5.75 Å². The number of benzene rings is 2. The first-order chi connectivity index (χ1) is 11.6. The molecule has 0 saturated carbocycles. The van der Waals surface area contributed by atoms with E-state index in [1.54, 1.807) is 31.4 Å². The van der Waals surface area contributed by atoms with Crippen LogP contribution in [0, 0.1) is 11.3 Å². The Morgan fingerprint density at radius 2 is 1.83 bits per heavy atom. The molecule has 0 aliphatic heterocycles. The van der Waals surface area contributed by atoms with Crippen molar-refractivity contribution in [3.63, 3.8) is 0 Å². The van der Waals surface area contributed by atoms with Crippen molar-refractivity contribution in [2.24, 2.45) is 0 Å². The third kappa shape index (κ3) is 4.80. The maximum atomic E-state index is 12.1. The fraction of sp³-hybridized carbons (Fsp3) is 0.111. The molecule has 6 heteroatoms. The fourth-order valence-corrected chi connectivity index (χ4v) is 2.13. The van der Waals surface area contributed by atoms with Crippen molar-refractivity contribution in [2.45, 2.75) is 6.61 Å². The fourth-order valence-electron chi connectivity index (χ4n) is 1.86. The van der Waals surface area contributed by atoms with Gasteiger partial charge in [-0.3, -0.25) is 0 Å². The molecule has 0 spiro atoms. The number of nitrogens with one attached hydrogen (secondary N) is 1. The van der Waals surface area contributed by atoms with Gasteiger partial charge in [0.2, 0.25) is 0 Å². The predicted molar refractivity (Wildman–Crippen MR) is 94.5 cm³/mol. The van der Waals surface area contributed by atoms with Gasteiger partial charge in [0.15, 0.2) is 5.57 Å². The summed E-state index contributed by atoms with van der Waals surface area (Å²) in [4.78, 5) is 12.1. The topological polar surface area (TPSA) is 71.3 Å². The maximum Gasteiger partial charge on any atom is 0.351 e. The number of nitrogens with zero attached hydrogens (tertiary/aromatic N) is 1. The van der Waals surface area contributed by atoms with Crippen molar-refractivity contribution < 1.29 is 14.3 Å². The smallest absolute Gasteiger partial charge is 0.351 e. The first-order valence-corrected chi connectivity index (χ1v) is 7.54. The lowest BCUT2D eigenvalue weighted by Gasteiger charge is -2.09. The van der Waals surface area contributed by atoms with Gasteiger partial charge in [-0.25, -0.2) is 4.79 Å². The first-order valence-electron chi connectivity index (χ1n) is 7.09. The Bertz CT molecular complexity index is 765. The summed E-state index contributed by atoms with van der Waals surface area (Å²) >= 11 is 4.20. The minimum atomic E-state index is -0.729. The molecule has 2 aromatic rings. The second kappa shape index (κ2) is 8.65. The maximum absolute atomic E-state index is 12.1. The van der Waals surface area contributed by atoms with Gasteiger partial charge in [-0.15, -0.1) is 12.6 Å². The summed E-state index contributed by atoms with van der Waals surface area (Å²) in [5.74, 6) is -0.0274. The van der Waals surface area contributed by atoms with Gasteiger partial charge in [0.05, 0.1) is 12.1 Å². The number of carbonyl (C=O) groups is 1. The number of anilines is 1. The van der Waals surface area contributed by atoms with Crippen LogP contribution < -0.4 is 10.1 Å². The van der Waals surface area contributed by atoms with E-state index < -0.39 is 5.97 Å². The molecule has 0 aliphatic rings. The monoisotopic (exact) mass is 340 g/mol. The third-order valence-corrected chi connectivity index (χ3v) is 3.45. The van der Waals surface area contributed by atoms with Gasteiger partial charge in [0.25, 0.3) is 0 Å². The molecule has 0 fully saturated rings. The van der Waals surface area contributed by atoms with E-state index in [1.807, 2.05) is 36.4 Å². The van der Waals surface area contributed by atoms with Crippen LogP contribution in [0.3, 0.4) is 0 Å². The van der Waals surface area contributed by atoms with Crippen LogP contribution in [0.2, 0.25) is 0 Å². The number of nitriles is 1. The number of hydrogen-bond donors (Lipinski definition) is 2. The Morgan fingerprint density at radius 3 is 2.42 bits per heavy atom. The number of ether oxygens (including phenoxy) is 2. The highest BCUT2D eigenvalue weighted by molar-refractivity contribution is 7.84. The average molecular weight is 340 g/mol. The summed E-state index contributed by atoms with van der Waals surface area (Å²) in [6.07, 6.45) is 0. The van der Waals surface area contributed by atoms with Crippen LogP contribution in [0.15, 0.2) is 65.2 Å². The van der Waals surface area contributed by atoms with E-state index in [0.717, 1.165) is 5.56 Å². The molecule has 2 aromatic carbocycles. The summed E-state index contributed by atoms with van der Waals surface area (Å²) in [6, 6.07) is 18.1. The van der Waals surface area contributed by atoms with Crippen molar-refractivity contribution in [1.82, 2.24) is 0 Å². The Balaban J connectivity index is 2.05. The highest BCUT2D eigenvalue weighted by Gasteiger charge is 2.15. The number of carbonyl (C=O) groups excluding carboxylic acids is 1. The predicted octanol–water partition coefficient (Wildman–Crippen LogP) is 3.52. The first kappa shape index (κ1) is 17.4. The highest BCUT2D eigenvalue weighted by Crippen LogP contribution is 2.19. The van der Waals surface area contributed by atoms with Crippen LogP contribution in [-0.2, 0) is 16.1 Å². The van der Waals surface area contributed by atoms with E-state index in [2.05, 4.69) is 17.9 Å². The quantitative estimate of drug-likeness (QED) is 0.364. The van der Waals surface area contributed by atoms with E-state index in [0.29, 0.717) is 11.4 Å². The summed E-state index contributed by atoms with van der Waals surface area (Å²) in [5.41, 5.74) is 1.32. The van der Waals surface area contributed by atoms with E-state index in [1.165, 1.54) is 0 Å². The Morgan fingerprint density at radius 1 is 1.17 bits per heavy atom. The van der Waals surface area contributed by atoms with Gasteiger partial charge in [0.1, 0.15) is 18.4 Å². The largest absolute Gasteiger partial charge is 0.497 e. The number of rotatable bonds is 6. The van der Waals surface area contributed by atoms with Crippen molar-refractivity contribution in [3.8, 4) is 11.8 Å².